The van der Waals surface area contributed by atoms with Crippen molar-refractivity contribution in [2.45, 2.75) is 12.7 Å². The summed E-state index contributed by atoms with van der Waals surface area (Å²) in [6.45, 7) is 0.213. The van der Waals surface area contributed by atoms with Crippen molar-refractivity contribution in [3.8, 4) is 5.75 Å². The Kier molecular flexibility index (Phi) is 5.05. The van der Waals surface area contributed by atoms with E-state index in [0.29, 0.717) is 11.3 Å². The van der Waals surface area contributed by atoms with Crippen LogP contribution in [0.25, 0.3) is 0 Å². The van der Waals surface area contributed by atoms with Gasteiger partial charge in [-0.05, 0) is 42.0 Å². The molecular formula is C15H12F4N2OS. The fourth-order valence-electron chi connectivity index (χ4n) is 1.75. The molecule has 3 N–H and O–H groups in total. The SMILES string of the molecule is Oc1ccc(NC(=S)NCc2ccc(C(F)(F)F)cc2)cc1F. The summed E-state index contributed by atoms with van der Waals surface area (Å²) in [5, 5.41) is 14.8. The summed E-state index contributed by atoms with van der Waals surface area (Å²) in [6, 6.07) is 8.35. The number of hydrogen-bond acceptors (Lipinski definition) is 2. The van der Waals surface area contributed by atoms with E-state index in [1.165, 1.54) is 24.3 Å². The summed E-state index contributed by atoms with van der Waals surface area (Å²) in [7, 11) is 0. The molecule has 0 saturated heterocycles. The Hall–Kier alpha value is -2.35. The highest BCUT2D eigenvalue weighted by Gasteiger charge is 2.29. The second-order valence-electron chi connectivity index (χ2n) is 4.67. The van der Waals surface area contributed by atoms with Crippen LogP contribution < -0.4 is 10.6 Å². The van der Waals surface area contributed by atoms with Crippen LogP contribution in [0.5, 0.6) is 5.75 Å². The molecule has 0 heterocycles. The van der Waals surface area contributed by atoms with Gasteiger partial charge in [-0.3, -0.25) is 0 Å². The van der Waals surface area contributed by atoms with E-state index in [-0.39, 0.29) is 11.7 Å². The van der Waals surface area contributed by atoms with Gasteiger partial charge in [-0.15, -0.1) is 0 Å². The number of phenols is 1. The molecule has 0 atom stereocenters. The van der Waals surface area contributed by atoms with Crippen molar-refractivity contribution in [1.82, 2.24) is 5.32 Å². The first-order chi connectivity index (χ1) is 10.8. The number of alkyl halides is 3. The van der Waals surface area contributed by atoms with Crippen molar-refractivity contribution >= 4 is 23.0 Å². The Bertz CT molecular complexity index is 702. The minimum atomic E-state index is -4.37. The van der Waals surface area contributed by atoms with E-state index >= 15 is 0 Å². The van der Waals surface area contributed by atoms with Crippen LogP contribution in [-0.4, -0.2) is 10.2 Å². The first-order valence-corrected chi connectivity index (χ1v) is 6.86. The Morgan fingerprint density at radius 3 is 2.30 bits per heavy atom. The topological polar surface area (TPSA) is 44.3 Å². The highest BCUT2D eigenvalue weighted by Crippen LogP contribution is 2.29. The fraction of sp³-hybridized carbons (Fsp3) is 0.133. The molecule has 0 aromatic heterocycles. The molecular weight excluding hydrogens is 332 g/mol. The number of nitrogens with one attached hydrogen (secondary N) is 2. The summed E-state index contributed by atoms with van der Waals surface area (Å²) in [5.41, 5.74) is 0.228. The highest BCUT2D eigenvalue weighted by molar-refractivity contribution is 7.80. The number of hydrogen-bond donors (Lipinski definition) is 3. The smallest absolute Gasteiger partial charge is 0.416 e. The van der Waals surface area contributed by atoms with E-state index < -0.39 is 23.3 Å². The molecule has 122 valence electrons. The molecule has 2 aromatic rings. The molecule has 0 saturated carbocycles. The van der Waals surface area contributed by atoms with Gasteiger partial charge in [-0.2, -0.15) is 13.2 Å². The van der Waals surface area contributed by atoms with E-state index in [0.717, 1.165) is 18.2 Å². The van der Waals surface area contributed by atoms with Crippen LogP contribution in [0.3, 0.4) is 0 Å². The molecule has 0 aliphatic rings. The number of benzene rings is 2. The standard InChI is InChI=1S/C15H12F4N2OS/c16-12-7-11(5-6-13(12)22)21-14(23)20-8-9-1-3-10(4-2-9)15(17,18)19/h1-7,22H,8H2,(H2,20,21,23). The van der Waals surface area contributed by atoms with Gasteiger partial charge in [0.25, 0.3) is 0 Å². The quantitative estimate of drug-likeness (QED) is 0.447. The molecule has 0 unspecified atom stereocenters. The lowest BCUT2D eigenvalue weighted by Gasteiger charge is -2.12. The Morgan fingerprint density at radius 1 is 1.09 bits per heavy atom. The summed E-state index contributed by atoms with van der Waals surface area (Å²) in [5.74, 6) is -1.26. The van der Waals surface area contributed by atoms with Crippen LogP contribution in [0.15, 0.2) is 42.5 Å². The third-order valence-electron chi connectivity index (χ3n) is 2.94. The van der Waals surface area contributed by atoms with Crippen molar-refractivity contribution in [1.29, 1.82) is 0 Å². The lowest BCUT2D eigenvalue weighted by molar-refractivity contribution is -0.137. The summed E-state index contributed by atoms with van der Waals surface area (Å²) in [6.07, 6.45) is -4.37. The number of rotatable bonds is 3. The summed E-state index contributed by atoms with van der Waals surface area (Å²) >= 11 is 5.01. The fourth-order valence-corrected chi connectivity index (χ4v) is 1.94. The van der Waals surface area contributed by atoms with Crippen molar-refractivity contribution in [2.24, 2.45) is 0 Å². The van der Waals surface area contributed by atoms with Gasteiger partial charge >= 0.3 is 6.18 Å². The highest BCUT2D eigenvalue weighted by atomic mass is 32.1. The molecule has 0 radical (unpaired) electrons. The van der Waals surface area contributed by atoms with Crippen LogP contribution in [0.1, 0.15) is 11.1 Å². The summed E-state index contributed by atoms with van der Waals surface area (Å²) in [4.78, 5) is 0. The Morgan fingerprint density at radius 2 is 1.74 bits per heavy atom. The summed E-state index contributed by atoms with van der Waals surface area (Å²) < 4.78 is 50.5. The molecule has 3 nitrogen and oxygen atoms in total. The minimum absolute atomic E-state index is 0.176. The largest absolute Gasteiger partial charge is 0.505 e. The van der Waals surface area contributed by atoms with Crippen LogP contribution >= 0.6 is 12.2 Å². The predicted molar refractivity (Wildman–Crippen MR) is 82.6 cm³/mol. The number of phenolic OH excluding ortho intramolecular Hbond substituents is 1. The van der Waals surface area contributed by atoms with Crippen molar-refractivity contribution in [3.05, 3.63) is 59.4 Å². The Labute approximate surface area is 134 Å². The van der Waals surface area contributed by atoms with Gasteiger partial charge in [0.05, 0.1) is 5.56 Å². The van der Waals surface area contributed by atoms with E-state index in [4.69, 9.17) is 17.3 Å². The van der Waals surface area contributed by atoms with E-state index in [2.05, 4.69) is 10.6 Å². The second-order valence-corrected chi connectivity index (χ2v) is 5.08. The maximum Gasteiger partial charge on any atom is 0.416 e. The van der Waals surface area contributed by atoms with Crippen LogP contribution in [0.2, 0.25) is 0 Å². The van der Waals surface area contributed by atoms with Gasteiger partial charge in [0.2, 0.25) is 0 Å². The Balaban J connectivity index is 1.90. The lowest BCUT2D eigenvalue weighted by atomic mass is 10.1. The van der Waals surface area contributed by atoms with Crippen LogP contribution in [0, 0.1) is 5.82 Å². The van der Waals surface area contributed by atoms with Crippen molar-refractivity contribution in [3.63, 3.8) is 0 Å². The molecule has 0 aliphatic carbocycles. The normalized spacial score (nSPS) is 11.1. The second kappa shape index (κ2) is 6.82. The van der Waals surface area contributed by atoms with E-state index in [9.17, 15) is 17.6 Å². The average Bonchev–Trinajstić information content (AvgIpc) is 2.48. The van der Waals surface area contributed by atoms with E-state index in [1.54, 1.807) is 0 Å². The van der Waals surface area contributed by atoms with Crippen LogP contribution in [-0.2, 0) is 12.7 Å². The third kappa shape index (κ3) is 4.82. The maximum absolute atomic E-state index is 13.2. The predicted octanol–water partition coefficient (Wildman–Crippen LogP) is 4.04. The monoisotopic (exact) mass is 344 g/mol. The number of thiocarbonyl (C=S) groups is 1. The zero-order chi connectivity index (χ0) is 17.0. The zero-order valence-electron chi connectivity index (χ0n) is 11.6. The van der Waals surface area contributed by atoms with Gasteiger partial charge in [0, 0.05) is 18.3 Å². The molecule has 0 spiro atoms. The molecule has 0 fully saturated rings. The van der Waals surface area contributed by atoms with E-state index in [1.807, 2.05) is 0 Å². The average molecular weight is 344 g/mol. The zero-order valence-corrected chi connectivity index (χ0v) is 12.4. The number of anilines is 1. The van der Waals surface area contributed by atoms with Gasteiger partial charge in [0.15, 0.2) is 16.7 Å². The minimum Gasteiger partial charge on any atom is -0.505 e. The molecule has 23 heavy (non-hydrogen) atoms. The maximum atomic E-state index is 13.2. The van der Waals surface area contributed by atoms with Crippen LogP contribution in [0.4, 0.5) is 23.2 Å². The van der Waals surface area contributed by atoms with Gasteiger partial charge < -0.3 is 15.7 Å². The molecule has 8 heteroatoms. The molecule has 2 rings (SSSR count). The van der Waals surface area contributed by atoms with Gasteiger partial charge in [-0.1, -0.05) is 12.1 Å². The van der Waals surface area contributed by atoms with Gasteiger partial charge in [-0.25, -0.2) is 4.39 Å². The van der Waals surface area contributed by atoms with Crippen molar-refractivity contribution < 1.29 is 22.7 Å². The number of aromatic hydroxyl groups is 1. The molecule has 2 aromatic carbocycles. The first-order valence-electron chi connectivity index (χ1n) is 6.45. The molecule has 0 amide bonds. The first kappa shape index (κ1) is 17.0. The third-order valence-corrected chi connectivity index (χ3v) is 3.19. The lowest BCUT2D eigenvalue weighted by Crippen LogP contribution is -2.27. The number of halogens is 4. The van der Waals surface area contributed by atoms with Crippen molar-refractivity contribution in [2.75, 3.05) is 5.32 Å². The molecule has 0 bridgehead atoms. The van der Waals surface area contributed by atoms with Gasteiger partial charge in [0.1, 0.15) is 0 Å². The molecule has 0 aliphatic heterocycles.